The van der Waals surface area contributed by atoms with Crippen molar-refractivity contribution in [2.24, 2.45) is 17.6 Å². The van der Waals surface area contributed by atoms with Crippen molar-refractivity contribution in [3.63, 3.8) is 0 Å². The predicted molar refractivity (Wildman–Crippen MR) is 90.9 cm³/mol. The number of amides is 3. The second kappa shape index (κ2) is 9.12. The van der Waals surface area contributed by atoms with E-state index in [0.29, 0.717) is 6.42 Å². The van der Waals surface area contributed by atoms with Gasteiger partial charge in [0, 0.05) is 6.20 Å². The molecule has 0 aliphatic heterocycles. The molecule has 1 aromatic rings. The minimum Gasteiger partial charge on any atom is -0.343 e. The average Bonchev–Trinajstić information content (AvgIpc) is 2.58. The minimum atomic E-state index is -0.833. The summed E-state index contributed by atoms with van der Waals surface area (Å²) in [4.78, 5) is 40.6. The van der Waals surface area contributed by atoms with E-state index in [0.717, 1.165) is 0 Å². The molecule has 0 aliphatic carbocycles. The molecule has 0 unspecified atom stereocenters. The van der Waals surface area contributed by atoms with E-state index < -0.39 is 29.8 Å². The number of imide groups is 1. The largest absolute Gasteiger partial charge is 0.343 e. The highest BCUT2D eigenvalue weighted by molar-refractivity contribution is 6.06. The Morgan fingerprint density at radius 3 is 2.33 bits per heavy atom. The molecule has 0 fully saturated rings. The zero-order chi connectivity index (χ0) is 18.3. The molecule has 3 atom stereocenters. The topological polar surface area (TPSA) is 114 Å². The van der Waals surface area contributed by atoms with Crippen LogP contribution in [0.5, 0.6) is 0 Å². The van der Waals surface area contributed by atoms with Crippen LogP contribution in [0, 0.1) is 11.8 Å². The molecule has 4 N–H and O–H groups in total. The van der Waals surface area contributed by atoms with Gasteiger partial charge in [0.05, 0.1) is 6.04 Å². The van der Waals surface area contributed by atoms with E-state index in [4.69, 9.17) is 5.73 Å². The summed E-state index contributed by atoms with van der Waals surface area (Å²) in [6.45, 7) is 7.39. The zero-order valence-electron chi connectivity index (χ0n) is 14.6. The Morgan fingerprint density at radius 2 is 1.83 bits per heavy atom. The summed E-state index contributed by atoms with van der Waals surface area (Å²) in [5.74, 6) is -1.78. The first-order valence-electron chi connectivity index (χ1n) is 8.10. The van der Waals surface area contributed by atoms with Gasteiger partial charge >= 0.3 is 0 Å². The fraction of sp³-hybridized carbons (Fsp3) is 0.529. The number of nitrogens with zero attached hydrogens (tertiary/aromatic N) is 1. The van der Waals surface area contributed by atoms with Crippen LogP contribution in [0.2, 0.25) is 0 Å². The van der Waals surface area contributed by atoms with Gasteiger partial charge < -0.3 is 11.1 Å². The maximum absolute atomic E-state index is 12.4. The van der Waals surface area contributed by atoms with Gasteiger partial charge in [0.25, 0.3) is 5.91 Å². The first-order chi connectivity index (χ1) is 11.3. The van der Waals surface area contributed by atoms with Crippen LogP contribution in [0.1, 0.15) is 44.6 Å². The molecular weight excluding hydrogens is 308 g/mol. The van der Waals surface area contributed by atoms with Gasteiger partial charge in [-0.25, -0.2) is 0 Å². The molecule has 132 valence electrons. The molecule has 7 nitrogen and oxygen atoms in total. The van der Waals surface area contributed by atoms with Crippen LogP contribution in [0.3, 0.4) is 0 Å². The van der Waals surface area contributed by atoms with Gasteiger partial charge in [-0.3, -0.25) is 24.7 Å². The van der Waals surface area contributed by atoms with Gasteiger partial charge in [0.2, 0.25) is 11.8 Å². The molecule has 0 radical (unpaired) electrons. The summed E-state index contributed by atoms with van der Waals surface area (Å²) in [5.41, 5.74) is 5.96. The first-order valence-corrected chi connectivity index (χ1v) is 8.10. The molecule has 0 bridgehead atoms. The summed E-state index contributed by atoms with van der Waals surface area (Å²) in [7, 11) is 0. The number of nitrogens with two attached hydrogens (primary N) is 1. The molecule has 24 heavy (non-hydrogen) atoms. The van der Waals surface area contributed by atoms with Gasteiger partial charge in [0.1, 0.15) is 11.7 Å². The summed E-state index contributed by atoms with van der Waals surface area (Å²) >= 11 is 0. The van der Waals surface area contributed by atoms with Crippen LogP contribution >= 0.6 is 0 Å². The molecule has 3 amide bonds. The monoisotopic (exact) mass is 334 g/mol. The van der Waals surface area contributed by atoms with Crippen molar-refractivity contribution < 1.29 is 14.4 Å². The Kier molecular flexibility index (Phi) is 7.51. The van der Waals surface area contributed by atoms with Crippen molar-refractivity contribution in [2.75, 3.05) is 0 Å². The van der Waals surface area contributed by atoms with Gasteiger partial charge in [-0.05, 0) is 24.0 Å². The van der Waals surface area contributed by atoms with E-state index >= 15 is 0 Å². The standard InChI is InChI=1S/C17H26N4O3/c1-5-11(4)14(20-16(23)13(18)10(2)3)17(24)21-15(22)12-8-6-7-9-19-12/h6-11,13-14H,5,18H2,1-4H3,(H,20,23)(H,21,22,24)/t11-,13-,14-/m0/s1. The van der Waals surface area contributed by atoms with Gasteiger partial charge in [0.15, 0.2) is 0 Å². The fourth-order valence-corrected chi connectivity index (χ4v) is 2.00. The van der Waals surface area contributed by atoms with E-state index in [1.54, 1.807) is 12.1 Å². The summed E-state index contributed by atoms with van der Waals surface area (Å²) in [6.07, 6.45) is 2.13. The lowest BCUT2D eigenvalue weighted by atomic mass is 9.96. The number of rotatable bonds is 7. The Hall–Kier alpha value is -2.28. The van der Waals surface area contributed by atoms with Gasteiger partial charge in [-0.15, -0.1) is 0 Å². The maximum Gasteiger partial charge on any atom is 0.276 e. The van der Waals surface area contributed by atoms with Crippen molar-refractivity contribution in [3.8, 4) is 0 Å². The Morgan fingerprint density at radius 1 is 1.17 bits per heavy atom. The number of hydrogen-bond acceptors (Lipinski definition) is 5. The fourth-order valence-electron chi connectivity index (χ4n) is 2.00. The molecule has 1 rings (SSSR count). The van der Waals surface area contributed by atoms with E-state index in [1.165, 1.54) is 12.3 Å². The molecule has 0 aliphatic rings. The first kappa shape index (κ1) is 19.8. The third-order valence-electron chi connectivity index (χ3n) is 3.95. The molecule has 0 saturated heterocycles. The van der Waals surface area contributed by atoms with Gasteiger partial charge in [-0.2, -0.15) is 0 Å². The lowest BCUT2D eigenvalue weighted by molar-refractivity contribution is -0.130. The number of nitrogens with one attached hydrogen (secondary N) is 2. The van der Waals surface area contributed by atoms with Crippen molar-refractivity contribution in [3.05, 3.63) is 30.1 Å². The average molecular weight is 334 g/mol. The lowest BCUT2D eigenvalue weighted by Gasteiger charge is -2.25. The highest BCUT2D eigenvalue weighted by Crippen LogP contribution is 2.10. The van der Waals surface area contributed by atoms with Crippen LogP contribution in [0.25, 0.3) is 0 Å². The third-order valence-corrected chi connectivity index (χ3v) is 3.95. The Bertz CT molecular complexity index is 574. The number of carbonyl (C=O) groups excluding carboxylic acids is 3. The second-order valence-electron chi connectivity index (χ2n) is 6.17. The molecule has 1 aromatic heterocycles. The number of hydrogen-bond donors (Lipinski definition) is 3. The highest BCUT2D eigenvalue weighted by Gasteiger charge is 2.30. The summed E-state index contributed by atoms with van der Waals surface area (Å²) in [6, 6.07) is 3.29. The van der Waals surface area contributed by atoms with E-state index in [2.05, 4.69) is 15.6 Å². The Balaban J connectivity index is 2.82. The molecule has 0 saturated carbocycles. The summed E-state index contributed by atoms with van der Waals surface area (Å²) < 4.78 is 0. The lowest BCUT2D eigenvalue weighted by Crippen LogP contribution is -2.56. The normalized spacial score (nSPS) is 14.6. The zero-order valence-corrected chi connectivity index (χ0v) is 14.6. The van der Waals surface area contributed by atoms with Crippen molar-refractivity contribution >= 4 is 17.7 Å². The Labute approximate surface area is 142 Å². The highest BCUT2D eigenvalue weighted by atomic mass is 16.2. The number of aromatic nitrogens is 1. The van der Waals surface area contributed by atoms with Crippen LogP contribution < -0.4 is 16.4 Å². The SMILES string of the molecule is CC[C@H](C)[C@H](NC(=O)[C@@H](N)C(C)C)C(=O)NC(=O)c1ccccn1. The smallest absolute Gasteiger partial charge is 0.276 e. The van der Waals surface area contributed by atoms with E-state index in [-0.39, 0.29) is 17.5 Å². The van der Waals surface area contributed by atoms with Crippen LogP contribution in [0.15, 0.2) is 24.4 Å². The maximum atomic E-state index is 12.4. The molecule has 7 heteroatoms. The van der Waals surface area contributed by atoms with Crippen molar-refractivity contribution in [2.45, 2.75) is 46.2 Å². The van der Waals surface area contributed by atoms with Crippen molar-refractivity contribution in [1.82, 2.24) is 15.6 Å². The molecular formula is C17H26N4O3. The predicted octanol–water partition coefficient (Wildman–Crippen LogP) is 0.852. The quantitative estimate of drug-likeness (QED) is 0.684. The number of carbonyl (C=O) groups is 3. The molecule has 0 aromatic carbocycles. The van der Waals surface area contributed by atoms with E-state index in [9.17, 15) is 14.4 Å². The van der Waals surface area contributed by atoms with Gasteiger partial charge in [-0.1, -0.05) is 40.2 Å². The number of pyridine rings is 1. The van der Waals surface area contributed by atoms with Crippen molar-refractivity contribution in [1.29, 1.82) is 0 Å². The van der Waals surface area contributed by atoms with Crippen LogP contribution in [0.4, 0.5) is 0 Å². The van der Waals surface area contributed by atoms with E-state index in [1.807, 2.05) is 27.7 Å². The molecule has 0 spiro atoms. The van der Waals surface area contributed by atoms with Crippen LogP contribution in [-0.4, -0.2) is 34.8 Å². The second-order valence-corrected chi connectivity index (χ2v) is 6.17. The minimum absolute atomic E-state index is 0.0548. The van der Waals surface area contributed by atoms with Crippen LogP contribution in [-0.2, 0) is 9.59 Å². The summed E-state index contributed by atoms with van der Waals surface area (Å²) in [5, 5.41) is 4.95. The molecule has 1 heterocycles. The third kappa shape index (κ3) is 5.42.